The number of rotatable bonds is 2. The SMILES string of the molecule is CC(C)(C)OC(=O)CC1CNC12CCC2. The van der Waals surface area contributed by atoms with Gasteiger partial charge in [0.05, 0.1) is 6.42 Å². The van der Waals surface area contributed by atoms with E-state index in [0.717, 1.165) is 6.54 Å². The predicted molar refractivity (Wildman–Crippen MR) is 58.5 cm³/mol. The molecule has 2 aliphatic rings. The molecule has 1 N–H and O–H groups in total. The van der Waals surface area contributed by atoms with Crippen molar-refractivity contribution in [3.8, 4) is 0 Å². The molecular weight excluding hydrogens is 190 g/mol. The molecule has 1 atom stereocenters. The topological polar surface area (TPSA) is 38.3 Å². The number of esters is 1. The lowest BCUT2D eigenvalue weighted by molar-refractivity contribution is -0.159. The average molecular weight is 211 g/mol. The second-order valence-electron chi connectivity index (χ2n) is 5.88. The van der Waals surface area contributed by atoms with E-state index in [0.29, 0.717) is 17.9 Å². The van der Waals surface area contributed by atoms with Gasteiger partial charge in [0.2, 0.25) is 0 Å². The molecule has 15 heavy (non-hydrogen) atoms. The Morgan fingerprint density at radius 3 is 2.47 bits per heavy atom. The molecule has 3 heteroatoms. The molecule has 0 radical (unpaired) electrons. The molecule has 1 saturated heterocycles. The smallest absolute Gasteiger partial charge is 0.306 e. The van der Waals surface area contributed by atoms with Crippen molar-refractivity contribution < 1.29 is 9.53 Å². The van der Waals surface area contributed by atoms with Gasteiger partial charge in [0.1, 0.15) is 5.60 Å². The summed E-state index contributed by atoms with van der Waals surface area (Å²) in [6, 6.07) is 0. The van der Waals surface area contributed by atoms with Gasteiger partial charge in [-0.05, 0) is 46.0 Å². The number of hydrogen-bond acceptors (Lipinski definition) is 3. The van der Waals surface area contributed by atoms with Crippen LogP contribution in [0.2, 0.25) is 0 Å². The normalized spacial score (nSPS) is 28.1. The van der Waals surface area contributed by atoms with E-state index >= 15 is 0 Å². The summed E-state index contributed by atoms with van der Waals surface area (Å²) in [5, 5.41) is 3.47. The molecule has 2 fully saturated rings. The second kappa shape index (κ2) is 3.48. The van der Waals surface area contributed by atoms with Crippen LogP contribution in [-0.4, -0.2) is 23.7 Å². The van der Waals surface area contributed by atoms with Crippen LogP contribution in [-0.2, 0) is 9.53 Å². The molecule has 1 heterocycles. The zero-order chi connectivity index (χ0) is 11.1. The van der Waals surface area contributed by atoms with Crippen LogP contribution in [0.5, 0.6) is 0 Å². The molecule has 86 valence electrons. The van der Waals surface area contributed by atoms with E-state index in [-0.39, 0.29) is 11.6 Å². The number of hydrogen-bond donors (Lipinski definition) is 1. The van der Waals surface area contributed by atoms with Crippen LogP contribution in [0.25, 0.3) is 0 Å². The summed E-state index contributed by atoms with van der Waals surface area (Å²) in [4.78, 5) is 11.6. The molecule has 1 spiro atoms. The van der Waals surface area contributed by atoms with Crippen molar-refractivity contribution in [2.45, 2.75) is 57.6 Å². The van der Waals surface area contributed by atoms with Crippen molar-refractivity contribution in [2.75, 3.05) is 6.54 Å². The second-order valence-corrected chi connectivity index (χ2v) is 5.88. The van der Waals surface area contributed by atoms with Crippen LogP contribution in [0, 0.1) is 5.92 Å². The van der Waals surface area contributed by atoms with Gasteiger partial charge in [-0.2, -0.15) is 0 Å². The lowest BCUT2D eigenvalue weighted by Gasteiger charge is -2.56. The van der Waals surface area contributed by atoms with Gasteiger partial charge in [0.25, 0.3) is 0 Å². The molecule has 1 aliphatic heterocycles. The van der Waals surface area contributed by atoms with E-state index < -0.39 is 0 Å². The van der Waals surface area contributed by atoms with Crippen LogP contribution in [0.3, 0.4) is 0 Å². The Morgan fingerprint density at radius 1 is 1.47 bits per heavy atom. The lowest BCUT2D eigenvalue weighted by Crippen LogP contribution is -2.69. The minimum Gasteiger partial charge on any atom is -0.460 e. The minimum atomic E-state index is -0.346. The standard InChI is InChI=1S/C12H21NO2/c1-11(2,3)15-10(14)7-9-8-13-12(9)5-4-6-12/h9,13H,4-8H2,1-3H3. The highest BCUT2D eigenvalue weighted by Gasteiger charge is 2.51. The van der Waals surface area contributed by atoms with E-state index in [9.17, 15) is 4.79 Å². The highest BCUT2D eigenvalue weighted by atomic mass is 16.6. The van der Waals surface area contributed by atoms with Crippen molar-refractivity contribution in [2.24, 2.45) is 5.92 Å². The Labute approximate surface area is 91.6 Å². The fraction of sp³-hybridized carbons (Fsp3) is 0.917. The first-order chi connectivity index (χ1) is 6.91. The molecule has 1 aliphatic carbocycles. The third-order valence-corrected chi connectivity index (χ3v) is 3.56. The largest absolute Gasteiger partial charge is 0.460 e. The molecule has 1 unspecified atom stereocenters. The summed E-state index contributed by atoms with van der Waals surface area (Å²) in [5.74, 6) is 0.473. The predicted octanol–water partition coefficient (Wildman–Crippen LogP) is 1.86. The zero-order valence-electron chi connectivity index (χ0n) is 9.93. The quantitative estimate of drug-likeness (QED) is 0.708. The van der Waals surface area contributed by atoms with Crippen molar-refractivity contribution in [3.05, 3.63) is 0 Å². The Hall–Kier alpha value is -0.570. The number of carbonyl (C=O) groups is 1. The maximum atomic E-state index is 11.6. The summed E-state index contributed by atoms with van der Waals surface area (Å²) in [6.45, 7) is 6.74. The van der Waals surface area contributed by atoms with Gasteiger partial charge in [-0.1, -0.05) is 0 Å². The fourth-order valence-corrected chi connectivity index (χ4v) is 2.53. The van der Waals surface area contributed by atoms with E-state index in [1.54, 1.807) is 0 Å². The van der Waals surface area contributed by atoms with E-state index in [4.69, 9.17) is 4.74 Å². The molecule has 0 aromatic carbocycles. The minimum absolute atomic E-state index is 0.0414. The molecule has 0 aromatic rings. The van der Waals surface area contributed by atoms with E-state index in [1.807, 2.05) is 20.8 Å². The van der Waals surface area contributed by atoms with Crippen LogP contribution in [0.15, 0.2) is 0 Å². The van der Waals surface area contributed by atoms with Crippen molar-refractivity contribution in [1.82, 2.24) is 5.32 Å². The summed E-state index contributed by atoms with van der Waals surface area (Å²) >= 11 is 0. The first kappa shape index (κ1) is 10.9. The van der Waals surface area contributed by atoms with Gasteiger partial charge in [0.15, 0.2) is 0 Å². The molecule has 2 rings (SSSR count). The monoisotopic (exact) mass is 211 g/mol. The maximum absolute atomic E-state index is 11.6. The molecule has 3 nitrogen and oxygen atoms in total. The molecule has 1 saturated carbocycles. The maximum Gasteiger partial charge on any atom is 0.306 e. The number of carbonyl (C=O) groups excluding carboxylic acids is 1. The van der Waals surface area contributed by atoms with Gasteiger partial charge >= 0.3 is 5.97 Å². The van der Waals surface area contributed by atoms with E-state index in [2.05, 4.69) is 5.32 Å². The summed E-state index contributed by atoms with van der Waals surface area (Å²) in [5.41, 5.74) is -0.0298. The van der Waals surface area contributed by atoms with Gasteiger partial charge in [-0.25, -0.2) is 0 Å². The number of ether oxygens (including phenoxy) is 1. The fourth-order valence-electron chi connectivity index (χ4n) is 2.53. The Bertz CT molecular complexity index is 258. The van der Waals surface area contributed by atoms with Gasteiger partial charge in [-0.15, -0.1) is 0 Å². The van der Waals surface area contributed by atoms with Gasteiger partial charge in [0, 0.05) is 12.1 Å². The first-order valence-corrected chi connectivity index (χ1v) is 5.88. The van der Waals surface area contributed by atoms with Crippen molar-refractivity contribution in [3.63, 3.8) is 0 Å². The van der Waals surface area contributed by atoms with Crippen LogP contribution < -0.4 is 5.32 Å². The lowest BCUT2D eigenvalue weighted by atomic mass is 9.62. The van der Waals surface area contributed by atoms with Gasteiger partial charge < -0.3 is 10.1 Å². The molecule has 0 bridgehead atoms. The summed E-state index contributed by atoms with van der Waals surface area (Å²) in [7, 11) is 0. The van der Waals surface area contributed by atoms with Gasteiger partial charge in [-0.3, -0.25) is 4.79 Å². The van der Waals surface area contributed by atoms with Crippen molar-refractivity contribution in [1.29, 1.82) is 0 Å². The zero-order valence-corrected chi connectivity index (χ0v) is 9.93. The molecule has 0 aromatic heterocycles. The average Bonchev–Trinajstić information content (AvgIpc) is 1.91. The number of nitrogens with one attached hydrogen (secondary N) is 1. The van der Waals surface area contributed by atoms with Crippen LogP contribution >= 0.6 is 0 Å². The molecular formula is C12H21NO2. The Balaban J connectivity index is 1.80. The summed E-state index contributed by atoms with van der Waals surface area (Å²) < 4.78 is 5.34. The molecule has 0 amide bonds. The van der Waals surface area contributed by atoms with Crippen molar-refractivity contribution >= 4 is 5.97 Å². The first-order valence-electron chi connectivity index (χ1n) is 5.88. The highest BCUT2D eigenvalue weighted by molar-refractivity contribution is 5.70. The third-order valence-electron chi connectivity index (χ3n) is 3.56. The third kappa shape index (κ3) is 2.17. The summed E-state index contributed by atoms with van der Waals surface area (Å²) in [6.07, 6.45) is 4.36. The Kier molecular flexibility index (Phi) is 2.53. The van der Waals surface area contributed by atoms with Crippen LogP contribution in [0.4, 0.5) is 0 Å². The van der Waals surface area contributed by atoms with Crippen LogP contribution in [0.1, 0.15) is 46.5 Å². The highest BCUT2D eigenvalue weighted by Crippen LogP contribution is 2.45. The Morgan fingerprint density at radius 2 is 2.13 bits per heavy atom. The van der Waals surface area contributed by atoms with E-state index in [1.165, 1.54) is 19.3 Å².